The summed E-state index contributed by atoms with van der Waals surface area (Å²) in [7, 11) is 1.81. The van der Waals surface area contributed by atoms with E-state index in [-0.39, 0.29) is 30.0 Å². The normalized spacial score (nSPS) is 16.0. The lowest BCUT2D eigenvalue weighted by Gasteiger charge is -2.27. The van der Waals surface area contributed by atoms with Crippen molar-refractivity contribution in [3.8, 4) is 0 Å². The van der Waals surface area contributed by atoms with Crippen molar-refractivity contribution in [1.82, 2.24) is 15.5 Å². The largest absolute Gasteiger partial charge is 0.465 e. The average Bonchev–Trinajstić information content (AvgIpc) is 3.31. The first-order chi connectivity index (χ1) is 12.7. The second kappa shape index (κ2) is 10.7. The van der Waals surface area contributed by atoms with E-state index in [9.17, 15) is 0 Å². The molecule has 1 aromatic heterocycles. The Balaban J connectivity index is 0.00000261. The fraction of sp³-hybridized carbons (Fsp3) is 0.476. The molecule has 1 unspecified atom stereocenters. The van der Waals surface area contributed by atoms with Gasteiger partial charge >= 0.3 is 0 Å². The number of halogens is 1. The number of aryl methyl sites for hydroxylation is 2. The predicted molar refractivity (Wildman–Crippen MR) is 122 cm³/mol. The third-order valence-electron chi connectivity index (χ3n) is 5.07. The third-order valence-corrected chi connectivity index (χ3v) is 5.07. The molecule has 1 aliphatic rings. The fourth-order valence-corrected chi connectivity index (χ4v) is 3.50. The van der Waals surface area contributed by atoms with Crippen LogP contribution in [0.15, 0.2) is 45.8 Å². The molecule has 148 valence electrons. The number of benzene rings is 1. The summed E-state index contributed by atoms with van der Waals surface area (Å²) < 4.78 is 5.93. The van der Waals surface area contributed by atoms with Crippen LogP contribution < -0.4 is 10.6 Å². The lowest BCUT2D eigenvalue weighted by atomic mass is 10.1. The Labute approximate surface area is 179 Å². The van der Waals surface area contributed by atoms with E-state index >= 15 is 0 Å². The van der Waals surface area contributed by atoms with Crippen LogP contribution in [0.3, 0.4) is 0 Å². The molecular weight excluding hydrogens is 451 g/mol. The molecule has 1 aromatic carbocycles. The zero-order chi connectivity index (χ0) is 18.4. The van der Waals surface area contributed by atoms with Gasteiger partial charge in [0, 0.05) is 20.1 Å². The fourth-order valence-electron chi connectivity index (χ4n) is 3.50. The quantitative estimate of drug-likeness (QED) is 0.371. The van der Waals surface area contributed by atoms with Gasteiger partial charge in [0.25, 0.3) is 0 Å². The van der Waals surface area contributed by atoms with Gasteiger partial charge in [-0.1, -0.05) is 24.3 Å². The van der Waals surface area contributed by atoms with Crippen LogP contribution in [-0.4, -0.2) is 37.5 Å². The van der Waals surface area contributed by atoms with E-state index in [0.717, 1.165) is 43.7 Å². The van der Waals surface area contributed by atoms with Gasteiger partial charge in [0.1, 0.15) is 11.5 Å². The first-order valence-corrected chi connectivity index (χ1v) is 9.47. The van der Waals surface area contributed by atoms with Crippen molar-refractivity contribution in [1.29, 1.82) is 0 Å². The van der Waals surface area contributed by atoms with Gasteiger partial charge in [0.2, 0.25) is 0 Å². The molecule has 0 bridgehead atoms. The minimum absolute atomic E-state index is 0. The van der Waals surface area contributed by atoms with Crippen LogP contribution >= 0.6 is 24.0 Å². The van der Waals surface area contributed by atoms with Crippen LogP contribution in [0, 0.1) is 13.8 Å². The van der Waals surface area contributed by atoms with Crippen molar-refractivity contribution >= 4 is 29.9 Å². The second-order valence-electron chi connectivity index (χ2n) is 6.94. The van der Waals surface area contributed by atoms with E-state index in [1.54, 1.807) is 0 Å². The first kappa shape index (κ1) is 21.8. The Morgan fingerprint density at radius 2 is 1.85 bits per heavy atom. The number of aliphatic imine (C=N–C) groups is 1. The molecule has 3 rings (SSSR count). The molecule has 0 aliphatic carbocycles. The van der Waals surface area contributed by atoms with Crippen molar-refractivity contribution in [3.63, 3.8) is 0 Å². The molecule has 2 aromatic rings. The average molecular weight is 482 g/mol. The Morgan fingerprint density at radius 1 is 1.11 bits per heavy atom. The lowest BCUT2D eigenvalue weighted by Crippen LogP contribution is -2.42. The maximum atomic E-state index is 5.93. The molecule has 1 fully saturated rings. The van der Waals surface area contributed by atoms with Gasteiger partial charge in [-0.25, -0.2) is 0 Å². The molecular formula is C21H31IN4O. The Hall–Kier alpha value is -1.54. The molecule has 1 aliphatic heterocycles. The molecule has 0 saturated carbocycles. The lowest BCUT2D eigenvalue weighted by molar-refractivity contribution is 0.213. The summed E-state index contributed by atoms with van der Waals surface area (Å²) in [5.74, 6) is 2.82. The summed E-state index contributed by atoms with van der Waals surface area (Å²) in [5, 5.41) is 6.90. The summed E-state index contributed by atoms with van der Waals surface area (Å²) in [4.78, 5) is 6.88. The van der Waals surface area contributed by atoms with Crippen LogP contribution in [0.5, 0.6) is 0 Å². The number of likely N-dealkylation sites (tertiary alicyclic amines) is 1. The van der Waals surface area contributed by atoms with Crippen molar-refractivity contribution in [2.45, 2.75) is 39.3 Å². The van der Waals surface area contributed by atoms with Gasteiger partial charge in [-0.15, -0.1) is 24.0 Å². The number of hydrogen-bond acceptors (Lipinski definition) is 3. The second-order valence-corrected chi connectivity index (χ2v) is 6.94. The molecule has 2 heterocycles. The van der Waals surface area contributed by atoms with Crippen LogP contribution in [0.2, 0.25) is 0 Å². The van der Waals surface area contributed by atoms with Crippen LogP contribution in [0.25, 0.3) is 0 Å². The summed E-state index contributed by atoms with van der Waals surface area (Å²) in [6, 6.07) is 12.8. The van der Waals surface area contributed by atoms with Gasteiger partial charge in [-0.05, 0) is 63.0 Å². The SMILES string of the molecule is CN=C(NCc1ccccc1C)NCC(c1ccc(C)o1)N1CCCC1.I. The maximum absolute atomic E-state index is 5.93. The van der Waals surface area contributed by atoms with Crippen molar-refractivity contribution in [2.24, 2.45) is 4.99 Å². The van der Waals surface area contributed by atoms with E-state index in [4.69, 9.17) is 4.42 Å². The minimum Gasteiger partial charge on any atom is -0.465 e. The number of rotatable bonds is 6. The molecule has 5 nitrogen and oxygen atoms in total. The summed E-state index contributed by atoms with van der Waals surface area (Å²) in [5.41, 5.74) is 2.57. The van der Waals surface area contributed by atoms with E-state index < -0.39 is 0 Å². The van der Waals surface area contributed by atoms with Crippen molar-refractivity contribution in [2.75, 3.05) is 26.7 Å². The molecule has 0 radical (unpaired) electrons. The van der Waals surface area contributed by atoms with E-state index in [1.165, 1.54) is 24.0 Å². The van der Waals surface area contributed by atoms with Crippen LogP contribution in [-0.2, 0) is 6.54 Å². The standard InChI is InChI=1S/C21H30N4O.HI/c1-16-8-4-5-9-18(16)14-23-21(22-3)24-15-19(25-12-6-7-13-25)20-11-10-17(2)26-20;/h4-5,8-11,19H,6-7,12-15H2,1-3H3,(H2,22,23,24);1H. The number of nitrogens with one attached hydrogen (secondary N) is 2. The smallest absolute Gasteiger partial charge is 0.191 e. The van der Waals surface area contributed by atoms with Gasteiger partial charge in [0.05, 0.1) is 6.04 Å². The Kier molecular flexibility index (Phi) is 8.63. The molecule has 6 heteroatoms. The highest BCUT2D eigenvalue weighted by Gasteiger charge is 2.26. The number of hydrogen-bond donors (Lipinski definition) is 2. The van der Waals surface area contributed by atoms with Gasteiger partial charge in [0.15, 0.2) is 5.96 Å². The molecule has 1 atom stereocenters. The van der Waals surface area contributed by atoms with Gasteiger partial charge in [-0.2, -0.15) is 0 Å². The number of guanidine groups is 1. The van der Waals surface area contributed by atoms with Crippen molar-refractivity contribution in [3.05, 3.63) is 59.0 Å². The topological polar surface area (TPSA) is 52.8 Å². The molecule has 27 heavy (non-hydrogen) atoms. The van der Waals surface area contributed by atoms with Gasteiger partial charge < -0.3 is 15.1 Å². The first-order valence-electron chi connectivity index (χ1n) is 9.47. The summed E-state index contributed by atoms with van der Waals surface area (Å²) in [6.07, 6.45) is 2.52. The number of furan rings is 1. The van der Waals surface area contributed by atoms with Gasteiger partial charge in [-0.3, -0.25) is 9.89 Å². The third kappa shape index (κ3) is 5.97. The van der Waals surface area contributed by atoms with Crippen LogP contribution in [0.1, 0.15) is 41.5 Å². The summed E-state index contributed by atoms with van der Waals surface area (Å²) >= 11 is 0. The van der Waals surface area contributed by atoms with Crippen molar-refractivity contribution < 1.29 is 4.42 Å². The van der Waals surface area contributed by atoms with E-state index in [0.29, 0.717) is 0 Å². The Bertz CT molecular complexity index is 737. The Morgan fingerprint density at radius 3 is 2.48 bits per heavy atom. The molecule has 2 N–H and O–H groups in total. The molecule has 1 saturated heterocycles. The number of nitrogens with zero attached hydrogens (tertiary/aromatic N) is 2. The van der Waals surface area contributed by atoms with E-state index in [2.05, 4.69) is 57.8 Å². The monoisotopic (exact) mass is 482 g/mol. The highest BCUT2D eigenvalue weighted by Crippen LogP contribution is 2.26. The van der Waals surface area contributed by atoms with E-state index in [1.807, 2.05) is 20.0 Å². The maximum Gasteiger partial charge on any atom is 0.191 e. The zero-order valence-corrected chi connectivity index (χ0v) is 18.8. The highest BCUT2D eigenvalue weighted by atomic mass is 127. The zero-order valence-electron chi connectivity index (χ0n) is 16.5. The predicted octanol–water partition coefficient (Wildman–Crippen LogP) is 4.02. The highest BCUT2D eigenvalue weighted by molar-refractivity contribution is 14.0. The summed E-state index contributed by atoms with van der Waals surface area (Å²) in [6.45, 7) is 7.93. The van der Waals surface area contributed by atoms with Crippen LogP contribution in [0.4, 0.5) is 0 Å². The molecule has 0 amide bonds. The molecule has 0 spiro atoms. The minimum atomic E-state index is 0.